The minimum Gasteiger partial charge on any atom is -0.327 e. The second-order valence-corrected chi connectivity index (χ2v) is 4.13. The second-order valence-electron chi connectivity index (χ2n) is 4.13. The smallest absolute Gasteiger partial charge is 0.00873 e. The van der Waals surface area contributed by atoms with Crippen LogP contribution in [0.5, 0.6) is 0 Å². The molecule has 1 fully saturated rings. The second kappa shape index (κ2) is 3.55. The molecule has 66 valence electrons. The summed E-state index contributed by atoms with van der Waals surface area (Å²) in [4.78, 5) is 0. The third-order valence-corrected chi connectivity index (χ3v) is 2.51. The van der Waals surface area contributed by atoms with Crippen molar-refractivity contribution in [1.82, 2.24) is 5.32 Å². The highest BCUT2D eigenvalue weighted by Crippen LogP contribution is 2.23. The maximum absolute atomic E-state index is 5.90. The summed E-state index contributed by atoms with van der Waals surface area (Å²) in [5.74, 6) is 0.700. The van der Waals surface area contributed by atoms with Crippen LogP contribution in [0.2, 0.25) is 0 Å². The van der Waals surface area contributed by atoms with E-state index in [1.54, 1.807) is 0 Å². The first-order valence-electron chi connectivity index (χ1n) is 4.61. The van der Waals surface area contributed by atoms with Gasteiger partial charge in [-0.3, -0.25) is 0 Å². The number of hydrogen-bond acceptors (Lipinski definition) is 2. The minimum atomic E-state index is 0.422. The van der Waals surface area contributed by atoms with Crippen LogP contribution in [-0.4, -0.2) is 18.1 Å². The molecule has 1 aliphatic carbocycles. The van der Waals surface area contributed by atoms with Gasteiger partial charge in [0.25, 0.3) is 0 Å². The van der Waals surface area contributed by atoms with Crippen LogP contribution < -0.4 is 11.1 Å². The van der Waals surface area contributed by atoms with Crippen molar-refractivity contribution in [3.63, 3.8) is 0 Å². The lowest BCUT2D eigenvalue weighted by atomic mass is 10.1. The van der Waals surface area contributed by atoms with E-state index in [1.807, 2.05) is 0 Å². The third-order valence-electron chi connectivity index (χ3n) is 2.51. The molecule has 1 rings (SSSR count). The molecule has 0 radical (unpaired) electrons. The molecular weight excluding hydrogens is 136 g/mol. The predicted octanol–water partition coefficient (Wildman–Crippen LogP) is 1.11. The van der Waals surface area contributed by atoms with Crippen LogP contribution in [0, 0.1) is 5.92 Å². The van der Waals surface area contributed by atoms with Gasteiger partial charge < -0.3 is 11.1 Å². The molecule has 1 aliphatic rings. The molecule has 3 atom stereocenters. The zero-order valence-corrected chi connectivity index (χ0v) is 7.80. The lowest BCUT2D eigenvalue weighted by Crippen LogP contribution is -2.33. The molecule has 0 heterocycles. The highest BCUT2D eigenvalue weighted by molar-refractivity contribution is 4.88. The van der Waals surface area contributed by atoms with Gasteiger partial charge in [0.2, 0.25) is 0 Å². The van der Waals surface area contributed by atoms with Crippen molar-refractivity contribution in [3.8, 4) is 0 Å². The molecule has 0 bridgehead atoms. The molecule has 0 saturated heterocycles. The quantitative estimate of drug-likeness (QED) is 0.628. The zero-order chi connectivity index (χ0) is 8.43. The molecule has 1 saturated carbocycles. The van der Waals surface area contributed by atoms with Crippen LogP contribution in [0.4, 0.5) is 0 Å². The molecular formula is C9H20N2. The van der Waals surface area contributed by atoms with Crippen LogP contribution in [0.1, 0.15) is 33.6 Å². The lowest BCUT2D eigenvalue weighted by Gasteiger charge is -2.14. The maximum Gasteiger partial charge on any atom is 0.00873 e. The number of hydrogen-bond donors (Lipinski definition) is 2. The van der Waals surface area contributed by atoms with Gasteiger partial charge in [-0.25, -0.2) is 0 Å². The van der Waals surface area contributed by atoms with Gasteiger partial charge in [-0.1, -0.05) is 20.8 Å². The van der Waals surface area contributed by atoms with Crippen LogP contribution in [0.3, 0.4) is 0 Å². The Morgan fingerprint density at radius 3 is 2.36 bits per heavy atom. The molecule has 0 spiro atoms. The number of nitrogens with two attached hydrogens (primary N) is 1. The largest absolute Gasteiger partial charge is 0.327 e. The van der Waals surface area contributed by atoms with E-state index in [2.05, 4.69) is 26.1 Å². The van der Waals surface area contributed by atoms with E-state index >= 15 is 0 Å². The summed E-state index contributed by atoms with van der Waals surface area (Å²) in [7, 11) is 0. The Balaban J connectivity index is 2.29. The van der Waals surface area contributed by atoms with E-state index in [0.29, 0.717) is 24.0 Å². The van der Waals surface area contributed by atoms with E-state index in [9.17, 15) is 0 Å². The van der Waals surface area contributed by atoms with E-state index in [-0.39, 0.29) is 0 Å². The Hall–Kier alpha value is -0.0800. The van der Waals surface area contributed by atoms with E-state index < -0.39 is 0 Å². The van der Waals surface area contributed by atoms with Gasteiger partial charge in [-0.2, -0.15) is 0 Å². The standard InChI is InChI=1S/C9H20N2/c1-6(2)11-8-4-7(3)9(10)5-8/h6-9,11H,4-5,10H2,1-3H3/t7-,8-,9+/m1/s1. The Kier molecular flexibility index (Phi) is 2.90. The Morgan fingerprint density at radius 1 is 1.36 bits per heavy atom. The molecule has 11 heavy (non-hydrogen) atoms. The van der Waals surface area contributed by atoms with E-state index in [1.165, 1.54) is 6.42 Å². The normalized spacial score (nSPS) is 38.5. The first-order valence-corrected chi connectivity index (χ1v) is 4.61. The zero-order valence-electron chi connectivity index (χ0n) is 7.80. The average molecular weight is 156 g/mol. The van der Waals surface area contributed by atoms with Gasteiger partial charge >= 0.3 is 0 Å². The fraction of sp³-hybridized carbons (Fsp3) is 1.00. The van der Waals surface area contributed by atoms with E-state index in [4.69, 9.17) is 5.73 Å². The van der Waals surface area contributed by atoms with Crippen molar-refractivity contribution in [2.75, 3.05) is 0 Å². The SMILES string of the molecule is CC(C)N[C@@H]1C[C@@H](C)[C@@H](N)C1. The van der Waals surface area contributed by atoms with Crippen molar-refractivity contribution in [2.45, 2.75) is 51.7 Å². The van der Waals surface area contributed by atoms with Crippen molar-refractivity contribution in [2.24, 2.45) is 11.7 Å². The summed E-state index contributed by atoms with van der Waals surface area (Å²) >= 11 is 0. The Bertz CT molecular complexity index is 110. The third kappa shape index (κ3) is 2.46. The van der Waals surface area contributed by atoms with Gasteiger partial charge in [0, 0.05) is 18.1 Å². The molecule has 2 heteroatoms. The van der Waals surface area contributed by atoms with Gasteiger partial charge in [-0.15, -0.1) is 0 Å². The average Bonchev–Trinajstić information content (AvgIpc) is 2.10. The van der Waals surface area contributed by atoms with E-state index in [0.717, 1.165) is 6.42 Å². The van der Waals surface area contributed by atoms with Gasteiger partial charge in [0.15, 0.2) is 0 Å². The first kappa shape index (κ1) is 9.01. The molecule has 0 aromatic heterocycles. The summed E-state index contributed by atoms with van der Waals surface area (Å²) in [5, 5.41) is 3.52. The monoisotopic (exact) mass is 156 g/mol. The fourth-order valence-electron chi connectivity index (χ4n) is 1.89. The van der Waals surface area contributed by atoms with Crippen LogP contribution in [-0.2, 0) is 0 Å². The highest BCUT2D eigenvalue weighted by atomic mass is 15.0. The predicted molar refractivity (Wildman–Crippen MR) is 48.4 cm³/mol. The Morgan fingerprint density at radius 2 is 2.00 bits per heavy atom. The van der Waals surface area contributed by atoms with Crippen LogP contribution >= 0.6 is 0 Å². The first-order chi connectivity index (χ1) is 5.09. The van der Waals surface area contributed by atoms with Crippen LogP contribution in [0.15, 0.2) is 0 Å². The Labute approximate surface area is 69.5 Å². The summed E-state index contributed by atoms with van der Waals surface area (Å²) in [5.41, 5.74) is 5.90. The molecule has 0 aromatic carbocycles. The van der Waals surface area contributed by atoms with Gasteiger partial charge in [0.05, 0.1) is 0 Å². The number of rotatable bonds is 2. The molecule has 2 nitrogen and oxygen atoms in total. The summed E-state index contributed by atoms with van der Waals surface area (Å²) < 4.78 is 0. The van der Waals surface area contributed by atoms with Crippen LogP contribution in [0.25, 0.3) is 0 Å². The molecule has 0 amide bonds. The molecule has 0 aliphatic heterocycles. The summed E-state index contributed by atoms with van der Waals surface area (Å²) in [6, 6.07) is 1.68. The van der Waals surface area contributed by atoms with Crippen molar-refractivity contribution in [1.29, 1.82) is 0 Å². The van der Waals surface area contributed by atoms with Crippen molar-refractivity contribution in [3.05, 3.63) is 0 Å². The van der Waals surface area contributed by atoms with Crippen molar-refractivity contribution < 1.29 is 0 Å². The molecule has 3 N–H and O–H groups in total. The minimum absolute atomic E-state index is 0.422. The lowest BCUT2D eigenvalue weighted by molar-refractivity contribution is 0.458. The molecule has 0 aromatic rings. The molecule has 0 unspecified atom stereocenters. The highest BCUT2D eigenvalue weighted by Gasteiger charge is 2.28. The fourth-order valence-corrected chi connectivity index (χ4v) is 1.89. The topological polar surface area (TPSA) is 38.0 Å². The summed E-state index contributed by atoms with van der Waals surface area (Å²) in [6.45, 7) is 6.62. The maximum atomic E-state index is 5.90. The summed E-state index contributed by atoms with van der Waals surface area (Å²) in [6.07, 6.45) is 2.40. The van der Waals surface area contributed by atoms with Gasteiger partial charge in [0.1, 0.15) is 0 Å². The number of nitrogens with one attached hydrogen (secondary N) is 1. The van der Waals surface area contributed by atoms with Gasteiger partial charge in [-0.05, 0) is 18.8 Å². The van der Waals surface area contributed by atoms with Crippen molar-refractivity contribution >= 4 is 0 Å².